The molecule has 2 aromatic rings. The standard InChI is InChI=1S/C15H15ClN2O2/c1-9-3-4-10(2)14(7-9)20-11-5-6-12(13(16)8-11)15(17)18-19/h3-8,19H,1-2H3,(H2,17,18). The second-order valence-electron chi connectivity index (χ2n) is 4.50. The number of nitrogens with zero attached hydrogens (tertiary/aromatic N) is 1. The first kappa shape index (κ1) is 14.2. The Morgan fingerprint density at radius 2 is 1.95 bits per heavy atom. The topological polar surface area (TPSA) is 67.8 Å². The maximum atomic E-state index is 8.66. The maximum Gasteiger partial charge on any atom is 0.171 e. The van der Waals surface area contributed by atoms with Crippen LogP contribution in [-0.4, -0.2) is 11.0 Å². The van der Waals surface area contributed by atoms with E-state index in [-0.39, 0.29) is 5.84 Å². The highest BCUT2D eigenvalue weighted by atomic mass is 35.5. The first-order valence-corrected chi connectivity index (χ1v) is 6.41. The van der Waals surface area contributed by atoms with Crippen LogP contribution in [0.4, 0.5) is 0 Å². The summed E-state index contributed by atoms with van der Waals surface area (Å²) in [6.07, 6.45) is 0. The molecule has 0 unspecified atom stereocenters. The van der Waals surface area contributed by atoms with Gasteiger partial charge in [-0.1, -0.05) is 28.9 Å². The number of benzene rings is 2. The summed E-state index contributed by atoms with van der Waals surface area (Å²) in [5.41, 5.74) is 8.13. The van der Waals surface area contributed by atoms with Gasteiger partial charge in [-0.25, -0.2) is 0 Å². The van der Waals surface area contributed by atoms with Crippen LogP contribution in [0.3, 0.4) is 0 Å². The summed E-state index contributed by atoms with van der Waals surface area (Å²) >= 11 is 6.09. The minimum absolute atomic E-state index is 0.0340. The van der Waals surface area contributed by atoms with Gasteiger partial charge in [0.2, 0.25) is 0 Å². The lowest BCUT2D eigenvalue weighted by atomic mass is 10.1. The van der Waals surface area contributed by atoms with Gasteiger partial charge in [-0.3, -0.25) is 0 Å². The Labute approximate surface area is 122 Å². The van der Waals surface area contributed by atoms with Crippen LogP contribution in [-0.2, 0) is 0 Å². The van der Waals surface area contributed by atoms with E-state index in [1.807, 2.05) is 32.0 Å². The average molecular weight is 291 g/mol. The van der Waals surface area contributed by atoms with Crippen molar-refractivity contribution in [1.82, 2.24) is 0 Å². The predicted octanol–water partition coefficient (Wildman–Crippen LogP) is 3.84. The molecule has 5 heteroatoms. The summed E-state index contributed by atoms with van der Waals surface area (Å²) in [5, 5.41) is 11.9. The molecule has 0 aliphatic rings. The number of amidine groups is 1. The summed E-state index contributed by atoms with van der Waals surface area (Å²) in [6.45, 7) is 3.97. The molecule has 2 aromatic carbocycles. The molecule has 0 aliphatic heterocycles. The molecule has 0 spiro atoms. The van der Waals surface area contributed by atoms with Crippen LogP contribution < -0.4 is 10.5 Å². The van der Waals surface area contributed by atoms with Crippen molar-refractivity contribution in [1.29, 1.82) is 0 Å². The number of nitrogens with two attached hydrogens (primary N) is 1. The fourth-order valence-corrected chi connectivity index (χ4v) is 2.03. The van der Waals surface area contributed by atoms with Gasteiger partial charge in [-0.2, -0.15) is 0 Å². The zero-order valence-corrected chi connectivity index (χ0v) is 12.0. The maximum absolute atomic E-state index is 8.66. The molecule has 0 aliphatic carbocycles. The Kier molecular flexibility index (Phi) is 4.15. The molecular weight excluding hydrogens is 276 g/mol. The van der Waals surface area contributed by atoms with Gasteiger partial charge in [0.05, 0.1) is 5.02 Å². The summed E-state index contributed by atoms with van der Waals surface area (Å²) in [6, 6.07) is 11.0. The molecule has 4 nitrogen and oxygen atoms in total. The van der Waals surface area contributed by atoms with Crippen LogP contribution in [0.15, 0.2) is 41.6 Å². The van der Waals surface area contributed by atoms with Gasteiger partial charge in [0.25, 0.3) is 0 Å². The predicted molar refractivity (Wildman–Crippen MR) is 80.0 cm³/mol. The van der Waals surface area contributed by atoms with Gasteiger partial charge in [0.1, 0.15) is 11.5 Å². The molecule has 2 rings (SSSR count). The number of ether oxygens (including phenoxy) is 1. The SMILES string of the molecule is Cc1ccc(C)c(Oc2ccc(C(N)=NO)c(Cl)c2)c1. The van der Waals surface area contributed by atoms with Gasteiger partial charge in [0, 0.05) is 11.6 Å². The molecular formula is C15H15ClN2O2. The minimum atomic E-state index is -0.0340. The lowest BCUT2D eigenvalue weighted by molar-refractivity contribution is 0.318. The fraction of sp³-hybridized carbons (Fsp3) is 0.133. The third kappa shape index (κ3) is 3.03. The van der Waals surface area contributed by atoms with Crippen molar-refractivity contribution in [2.75, 3.05) is 0 Å². The molecule has 0 saturated carbocycles. The molecule has 0 aromatic heterocycles. The second-order valence-corrected chi connectivity index (χ2v) is 4.91. The molecule has 104 valence electrons. The van der Waals surface area contributed by atoms with Crippen molar-refractivity contribution < 1.29 is 9.94 Å². The summed E-state index contributed by atoms with van der Waals surface area (Å²) in [4.78, 5) is 0. The Hall–Kier alpha value is -2.20. The summed E-state index contributed by atoms with van der Waals surface area (Å²) in [7, 11) is 0. The van der Waals surface area contributed by atoms with Crippen molar-refractivity contribution in [2.24, 2.45) is 10.9 Å². The third-order valence-corrected chi connectivity index (χ3v) is 3.21. The van der Waals surface area contributed by atoms with E-state index in [9.17, 15) is 0 Å². The molecule has 0 atom stereocenters. The molecule has 0 radical (unpaired) electrons. The van der Waals surface area contributed by atoms with E-state index in [4.69, 9.17) is 27.3 Å². The normalized spacial score (nSPS) is 11.4. The second kappa shape index (κ2) is 5.84. The number of halogens is 1. The van der Waals surface area contributed by atoms with Gasteiger partial charge in [0.15, 0.2) is 5.84 Å². The molecule has 0 amide bonds. The number of hydrogen-bond donors (Lipinski definition) is 2. The van der Waals surface area contributed by atoms with Crippen LogP contribution in [0.1, 0.15) is 16.7 Å². The quantitative estimate of drug-likeness (QED) is 0.390. The lowest BCUT2D eigenvalue weighted by Gasteiger charge is -2.11. The van der Waals surface area contributed by atoms with E-state index < -0.39 is 0 Å². The van der Waals surface area contributed by atoms with Crippen LogP contribution >= 0.6 is 11.6 Å². The van der Waals surface area contributed by atoms with Crippen molar-refractivity contribution >= 4 is 17.4 Å². The zero-order chi connectivity index (χ0) is 14.7. The Balaban J connectivity index is 2.31. The number of oxime groups is 1. The Morgan fingerprint density at radius 1 is 1.20 bits per heavy atom. The van der Waals surface area contributed by atoms with Gasteiger partial charge in [-0.05, 0) is 43.2 Å². The van der Waals surface area contributed by atoms with Crippen molar-refractivity contribution in [2.45, 2.75) is 13.8 Å². The molecule has 3 N–H and O–H groups in total. The lowest BCUT2D eigenvalue weighted by Crippen LogP contribution is -2.13. The van der Waals surface area contributed by atoms with E-state index in [0.29, 0.717) is 16.3 Å². The monoisotopic (exact) mass is 290 g/mol. The van der Waals surface area contributed by atoms with Crippen molar-refractivity contribution in [3.8, 4) is 11.5 Å². The molecule has 0 heterocycles. The average Bonchev–Trinajstić information content (AvgIpc) is 2.42. The molecule has 0 saturated heterocycles. The van der Waals surface area contributed by atoms with E-state index >= 15 is 0 Å². The van der Waals surface area contributed by atoms with Crippen molar-refractivity contribution in [3.63, 3.8) is 0 Å². The summed E-state index contributed by atoms with van der Waals surface area (Å²) < 4.78 is 5.81. The fourth-order valence-electron chi connectivity index (χ4n) is 1.77. The van der Waals surface area contributed by atoms with Crippen LogP contribution in [0.5, 0.6) is 11.5 Å². The van der Waals surface area contributed by atoms with Crippen LogP contribution in [0, 0.1) is 13.8 Å². The smallest absolute Gasteiger partial charge is 0.171 e. The number of aryl methyl sites for hydroxylation is 2. The van der Waals surface area contributed by atoms with Crippen LogP contribution in [0.25, 0.3) is 0 Å². The molecule has 0 bridgehead atoms. The number of rotatable bonds is 3. The zero-order valence-electron chi connectivity index (χ0n) is 11.2. The number of hydrogen-bond acceptors (Lipinski definition) is 3. The largest absolute Gasteiger partial charge is 0.457 e. The minimum Gasteiger partial charge on any atom is -0.457 e. The van der Waals surface area contributed by atoms with E-state index in [1.54, 1.807) is 18.2 Å². The first-order valence-electron chi connectivity index (χ1n) is 6.04. The Bertz CT molecular complexity index is 669. The van der Waals surface area contributed by atoms with E-state index in [0.717, 1.165) is 16.9 Å². The highest BCUT2D eigenvalue weighted by molar-refractivity contribution is 6.34. The van der Waals surface area contributed by atoms with E-state index in [1.165, 1.54) is 0 Å². The first-order chi connectivity index (χ1) is 9.51. The Morgan fingerprint density at radius 3 is 2.60 bits per heavy atom. The van der Waals surface area contributed by atoms with Gasteiger partial charge >= 0.3 is 0 Å². The summed E-state index contributed by atoms with van der Waals surface area (Å²) in [5.74, 6) is 1.34. The highest BCUT2D eigenvalue weighted by Crippen LogP contribution is 2.29. The highest BCUT2D eigenvalue weighted by Gasteiger charge is 2.08. The molecule has 20 heavy (non-hydrogen) atoms. The third-order valence-electron chi connectivity index (χ3n) is 2.90. The van der Waals surface area contributed by atoms with E-state index in [2.05, 4.69) is 5.16 Å². The van der Waals surface area contributed by atoms with Crippen LogP contribution in [0.2, 0.25) is 5.02 Å². The van der Waals surface area contributed by atoms with Gasteiger partial charge in [-0.15, -0.1) is 0 Å². The van der Waals surface area contributed by atoms with Crippen molar-refractivity contribution in [3.05, 3.63) is 58.1 Å². The molecule has 0 fully saturated rings. The van der Waals surface area contributed by atoms with Gasteiger partial charge < -0.3 is 15.7 Å².